The molecule has 0 saturated carbocycles. The molecule has 7 heteroatoms. The molecule has 19 heavy (non-hydrogen) atoms. The molecule has 2 N–H and O–H groups in total. The van der Waals surface area contributed by atoms with Gasteiger partial charge in [0, 0.05) is 17.1 Å². The highest BCUT2D eigenvalue weighted by Crippen LogP contribution is 2.22. The largest absolute Gasteiger partial charge is 0.477 e. The number of thiophene rings is 1. The van der Waals surface area contributed by atoms with Crippen molar-refractivity contribution in [2.45, 2.75) is 13.3 Å². The van der Waals surface area contributed by atoms with E-state index in [-0.39, 0.29) is 5.69 Å². The molecule has 0 aliphatic heterocycles. The van der Waals surface area contributed by atoms with Gasteiger partial charge in [-0.05, 0) is 47.5 Å². The molecule has 0 aliphatic carbocycles. The molecule has 0 bridgehead atoms. The number of hydrogen-bond acceptors (Lipinski definition) is 5. The Balaban J connectivity index is 1.97. The van der Waals surface area contributed by atoms with Crippen LogP contribution in [0.5, 0.6) is 0 Å². The molecule has 0 atom stereocenters. The third-order valence-corrected chi connectivity index (χ3v) is 4.04. The van der Waals surface area contributed by atoms with Gasteiger partial charge < -0.3 is 10.4 Å². The average Bonchev–Trinajstić information content (AvgIpc) is 2.74. The van der Waals surface area contributed by atoms with Crippen molar-refractivity contribution in [1.82, 2.24) is 9.97 Å². The van der Waals surface area contributed by atoms with Crippen LogP contribution in [0.2, 0.25) is 0 Å². The molecule has 0 radical (unpaired) electrons. The van der Waals surface area contributed by atoms with Crippen molar-refractivity contribution in [3.63, 3.8) is 0 Å². The van der Waals surface area contributed by atoms with Gasteiger partial charge >= 0.3 is 5.97 Å². The smallest absolute Gasteiger partial charge is 0.354 e. The Bertz CT molecular complexity index is 600. The minimum atomic E-state index is -1.05. The Kier molecular flexibility index (Phi) is 4.49. The molecule has 0 fully saturated rings. The van der Waals surface area contributed by atoms with E-state index in [0.29, 0.717) is 18.2 Å². The van der Waals surface area contributed by atoms with Crippen LogP contribution in [-0.4, -0.2) is 27.6 Å². The summed E-state index contributed by atoms with van der Waals surface area (Å²) in [5, 5.41) is 12.0. The summed E-state index contributed by atoms with van der Waals surface area (Å²) in [5.41, 5.74) is 0.641. The van der Waals surface area contributed by atoms with E-state index < -0.39 is 5.97 Å². The number of halogens is 1. The van der Waals surface area contributed by atoms with Gasteiger partial charge in [0.1, 0.15) is 0 Å². The predicted molar refractivity (Wildman–Crippen MR) is 77.9 cm³/mol. The second-order valence-electron chi connectivity index (χ2n) is 3.91. The number of carboxylic acid groups (broad SMARTS) is 1. The van der Waals surface area contributed by atoms with Gasteiger partial charge in [0.2, 0.25) is 5.95 Å². The molecular formula is C12H12BrN3O2S. The van der Waals surface area contributed by atoms with Crippen LogP contribution in [-0.2, 0) is 6.42 Å². The summed E-state index contributed by atoms with van der Waals surface area (Å²) in [6.07, 6.45) is 0.843. The van der Waals surface area contributed by atoms with E-state index in [0.717, 1.165) is 10.2 Å². The maximum absolute atomic E-state index is 10.9. The highest BCUT2D eigenvalue weighted by molar-refractivity contribution is 9.11. The fraction of sp³-hybridized carbons (Fsp3) is 0.250. The third kappa shape index (κ3) is 4.00. The van der Waals surface area contributed by atoms with E-state index in [1.54, 1.807) is 18.3 Å². The first-order valence-electron chi connectivity index (χ1n) is 5.61. The molecule has 2 heterocycles. The normalized spacial score (nSPS) is 10.4. The summed E-state index contributed by atoms with van der Waals surface area (Å²) in [6.45, 7) is 2.41. The quantitative estimate of drug-likeness (QED) is 0.874. The number of aromatic carboxylic acids is 1. The number of nitrogens with one attached hydrogen (secondary N) is 1. The van der Waals surface area contributed by atoms with E-state index >= 15 is 0 Å². The number of anilines is 1. The van der Waals surface area contributed by atoms with Crippen LogP contribution in [0.15, 0.2) is 22.0 Å². The highest BCUT2D eigenvalue weighted by Gasteiger charge is 2.08. The van der Waals surface area contributed by atoms with Crippen LogP contribution in [0, 0.1) is 6.92 Å². The van der Waals surface area contributed by atoms with Gasteiger partial charge in [0.15, 0.2) is 5.69 Å². The maximum Gasteiger partial charge on any atom is 0.354 e. The molecule has 0 spiro atoms. The Morgan fingerprint density at radius 2 is 2.26 bits per heavy atom. The zero-order chi connectivity index (χ0) is 13.8. The minimum absolute atomic E-state index is 0.00821. The van der Waals surface area contributed by atoms with Gasteiger partial charge in [-0.15, -0.1) is 11.3 Å². The molecule has 0 aromatic carbocycles. The average molecular weight is 342 g/mol. The van der Waals surface area contributed by atoms with Gasteiger partial charge in [0.25, 0.3) is 0 Å². The second kappa shape index (κ2) is 6.12. The molecule has 0 aliphatic rings. The topological polar surface area (TPSA) is 75.1 Å². The Labute approximate surface area is 122 Å². The van der Waals surface area contributed by atoms with Crippen LogP contribution in [0.1, 0.15) is 21.1 Å². The lowest BCUT2D eigenvalue weighted by molar-refractivity contribution is 0.0690. The van der Waals surface area contributed by atoms with Gasteiger partial charge in [-0.1, -0.05) is 0 Å². The monoisotopic (exact) mass is 341 g/mol. The molecule has 2 rings (SSSR count). The summed E-state index contributed by atoms with van der Waals surface area (Å²) in [6, 6.07) is 5.51. The van der Waals surface area contributed by atoms with Crippen molar-refractivity contribution in [3.8, 4) is 0 Å². The Morgan fingerprint density at radius 3 is 2.89 bits per heavy atom. The molecule has 2 aromatic heterocycles. The molecule has 2 aromatic rings. The number of rotatable bonds is 5. The number of aromatic nitrogens is 2. The first-order valence-corrected chi connectivity index (χ1v) is 7.22. The van der Waals surface area contributed by atoms with E-state index in [4.69, 9.17) is 5.11 Å². The predicted octanol–water partition coefficient (Wildman–Crippen LogP) is 2.96. The summed E-state index contributed by atoms with van der Waals surface area (Å²) in [5.74, 6) is -0.691. The first kappa shape index (κ1) is 14.0. The first-order chi connectivity index (χ1) is 9.04. The molecule has 5 nitrogen and oxygen atoms in total. The minimum Gasteiger partial charge on any atom is -0.477 e. The third-order valence-electron chi connectivity index (χ3n) is 2.36. The summed E-state index contributed by atoms with van der Waals surface area (Å²) >= 11 is 5.09. The fourth-order valence-electron chi connectivity index (χ4n) is 1.54. The lowest BCUT2D eigenvalue weighted by Crippen LogP contribution is -2.11. The molecule has 0 amide bonds. The fourth-order valence-corrected chi connectivity index (χ4v) is 3.02. The molecule has 0 saturated heterocycles. The van der Waals surface area contributed by atoms with Gasteiger partial charge in [-0.3, -0.25) is 0 Å². The van der Waals surface area contributed by atoms with Crippen molar-refractivity contribution in [3.05, 3.63) is 38.3 Å². The van der Waals surface area contributed by atoms with Crippen LogP contribution in [0.25, 0.3) is 0 Å². The zero-order valence-corrected chi connectivity index (χ0v) is 12.6. The second-order valence-corrected chi connectivity index (χ2v) is 6.45. The van der Waals surface area contributed by atoms with E-state index in [1.807, 2.05) is 6.07 Å². The number of aryl methyl sites for hydroxylation is 1. The van der Waals surface area contributed by atoms with Crippen molar-refractivity contribution < 1.29 is 9.90 Å². The molecular weight excluding hydrogens is 330 g/mol. The van der Waals surface area contributed by atoms with Gasteiger partial charge in [0.05, 0.1) is 3.79 Å². The van der Waals surface area contributed by atoms with Crippen molar-refractivity contribution in [1.29, 1.82) is 0 Å². The van der Waals surface area contributed by atoms with Crippen LogP contribution in [0.4, 0.5) is 5.95 Å². The zero-order valence-electron chi connectivity index (χ0n) is 10.2. The van der Waals surface area contributed by atoms with Crippen molar-refractivity contribution >= 4 is 39.2 Å². The maximum atomic E-state index is 10.9. The van der Waals surface area contributed by atoms with Gasteiger partial charge in [-0.2, -0.15) is 0 Å². The highest BCUT2D eigenvalue weighted by atomic mass is 79.9. The summed E-state index contributed by atoms with van der Waals surface area (Å²) in [7, 11) is 0. The van der Waals surface area contributed by atoms with Crippen LogP contribution < -0.4 is 5.32 Å². The number of carboxylic acids is 1. The standard InChI is InChI=1S/C12H12BrN3O2S/c1-7-6-9(11(17)18)16-12(15-7)14-5-4-8-2-3-10(13)19-8/h2-3,6H,4-5H2,1H3,(H,17,18)(H,14,15,16). The number of hydrogen-bond donors (Lipinski definition) is 2. The summed E-state index contributed by atoms with van der Waals surface area (Å²) < 4.78 is 1.10. The lowest BCUT2D eigenvalue weighted by atomic mass is 10.3. The Morgan fingerprint density at radius 1 is 1.47 bits per heavy atom. The van der Waals surface area contributed by atoms with Crippen LogP contribution in [0.3, 0.4) is 0 Å². The lowest BCUT2D eigenvalue weighted by Gasteiger charge is -2.05. The SMILES string of the molecule is Cc1cc(C(=O)O)nc(NCCc2ccc(Br)s2)n1. The molecule has 100 valence electrons. The van der Waals surface area contributed by atoms with E-state index in [9.17, 15) is 4.79 Å². The van der Waals surface area contributed by atoms with Crippen molar-refractivity contribution in [2.24, 2.45) is 0 Å². The Hall–Kier alpha value is -1.47. The number of nitrogens with zero attached hydrogens (tertiary/aromatic N) is 2. The number of carbonyl (C=O) groups is 1. The molecule has 0 unspecified atom stereocenters. The van der Waals surface area contributed by atoms with E-state index in [2.05, 4.69) is 37.3 Å². The van der Waals surface area contributed by atoms with Crippen molar-refractivity contribution in [2.75, 3.05) is 11.9 Å². The van der Waals surface area contributed by atoms with Crippen LogP contribution >= 0.6 is 27.3 Å². The summed E-state index contributed by atoms with van der Waals surface area (Å²) in [4.78, 5) is 20.2. The van der Waals surface area contributed by atoms with E-state index in [1.165, 1.54) is 10.9 Å². The van der Waals surface area contributed by atoms with Gasteiger partial charge in [-0.25, -0.2) is 14.8 Å².